The Hall–Kier alpha value is -8.97. The molecular weight excluding hydrogens is 769 g/mol. The quantitative estimate of drug-likeness (QED) is 0.129. The van der Waals surface area contributed by atoms with Crippen LogP contribution in [0, 0.1) is 17.9 Å². The van der Waals surface area contributed by atoms with Crippen LogP contribution in [0.4, 0.5) is 39.8 Å². The van der Waals surface area contributed by atoms with Gasteiger partial charge in [0.25, 0.3) is 0 Å². The van der Waals surface area contributed by atoms with Crippen molar-refractivity contribution < 1.29 is 0 Å². The van der Waals surface area contributed by atoms with E-state index in [1.807, 2.05) is 91.0 Å². The number of hydrogen-bond acceptors (Lipinski definition) is 4. The van der Waals surface area contributed by atoms with Crippen LogP contribution in [0.3, 0.4) is 0 Å². The maximum atomic E-state index is 9.37. The highest BCUT2D eigenvalue weighted by molar-refractivity contribution is 5.85. The number of nitriles is 1. The molecule has 0 spiro atoms. The van der Waals surface area contributed by atoms with E-state index in [0.717, 1.165) is 84.5 Å². The minimum atomic E-state index is 0.617. The lowest BCUT2D eigenvalue weighted by Gasteiger charge is -2.25. The molecule has 6 heteroatoms. The van der Waals surface area contributed by atoms with Crippen molar-refractivity contribution in [2.45, 2.75) is 0 Å². The number of hydrogen-bond donors (Lipinski definition) is 0. The number of fused-ring (bicyclic) bond motifs is 1. The summed E-state index contributed by atoms with van der Waals surface area (Å²) < 4.78 is 2.24. The molecule has 0 fully saturated rings. The lowest BCUT2D eigenvalue weighted by Crippen LogP contribution is -2.09. The first-order valence-corrected chi connectivity index (χ1v) is 20.7. The predicted octanol–water partition coefficient (Wildman–Crippen LogP) is 15.4. The molecule has 0 radical (unpaired) electrons. The molecule has 0 saturated heterocycles. The smallest absolute Gasteiger partial charge is 0.187 e. The molecule has 296 valence electrons. The highest BCUT2D eigenvalue weighted by Crippen LogP contribution is 2.39. The van der Waals surface area contributed by atoms with Gasteiger partial charge in [0.15, 0.2) is 5.69 Å². The normalized spacial score (nSPS) is 10.8. The van der Waals surface area contributed by atoms with Gasteiger partial charge in [-0.25, -0.2) is 9.83 Å². The van der Waals surface area contributed by atoms with Crippen molar-refractivity contribution in [2.75, 3.05) is 9.80 Å². The van der Waals surface area contributed by atoms with Gasteiger partial charge in [0.05, 0.1) is 29.2 Å². The number of benzene rings is 9. The van der Waals surface area contributed by atoms with Gasteiger partial charge in [-0.15, -0.1) is 0 Å². The molecule has 1 aromatic heterocycles. The summed E-state index contributed by atoms with van der Waals surface area (Å²) in [4.78, 5) is 13.1. The van der Waals surface area contributed by atoms with Crippen molar-refractivity contribution in [3.8, 4) is 45.4 Å². The number of anilines is 6. The van der Waals surface area contributed by atoms with E-state index in [4.69, 9.17) is 11.6 Å². The number of para-hydroxylation sites is 4. The van der Waals surface area contributed by atoms with E-state index in [1.165, 1.54) is 0 Å². The minimum Gasteiger partial charge on any atom is -0.311 e. The van der Waals surface area contributed by atoms with E-state index in [-0.39, 0.29) is 0 Å². The lowest BCUT2D eigenvalue weighted by atomic mass is 10.0. The first-order valence-electron chi connectivity index (χ1n) is 20.7. The fourth-order valence-electron chi connectivity index (χ4n) is 8.11. The van der Waals surface area contributed by atoms with Crippen LogP contribution in [0.5, 0.6) is 0 Å². The number of nitrogens with zero attached hydrogens (tertiary/aromatic N) is 6. The maximum absolute atomic E-state index is 9.37. The molecule has 10 aromatic rings. The Balaban J connectivity index is 0.920. The van der Waals surface area contributed by atoms with Crippen molar-refractivity contribution in [1.82, 2.24) is 9.55 Å². The third-order valence-electron chi connectivity index (χ3n) is 11.3. The van der Waals surface area contributed by atoms with Gasteiger partial charge in [0.2, 0.25) is 0 Å². The van der Waals surface area contributed by atoms with Crippen LogP contribution in [0.25, 0.3) is 55.2 Å². The zero-order valence-electron chi connectivity index (χ0n) is 34.1. The van der Waals surface area contributed by atoms with E-state index < -0.39 is 0 Å². The molecular formula is C57H38N6. The summed E-state index contributed by atoms with van der Waals surface area (Å²) in [5.74, 6) is 0.877. The summed E-state index contributed by atoms with van der Waals surface area (Å²) in [6.07, 6.45) is 0. The van der Waals surface area contributed by atoms with Gasteiger partial charge in [0.1, 0.15) is 5.82 Å². The minimum absolute atomic E-state index is 0.617. The molecule has 10 rings (SSSR count). The number of imidazole rings is 1. The van der Waals surface area contributed by atoms with Gasteiger partial charge >= 0.3 is 0 Å². The van der Waals surface area contributed by atoms with Crippen molar-refractivity contribution >= 4 is 50.8 Å². The van der Waals surface area contributed by atoms with Crippen molar-refractivity contribution in [2.24, 2.45) is 0 Å². The lowest BCUT2D eigenvalue weighted by molar-refractivity contribution is 1.10. The molecule has 0 bridgehead atoms. The third kappa shape index (κ3) is 7.69. The predicted molar refractivity (Wildman–Crippen MR) is 258 cm³/mol. The number of rotatable bonds is 10. The highest BCUT2D eigenvalue weighted by Gasteiger charge is 2.17. The van der Waals surface area contributed by atoms with Crippen LogP contribution in [0.1, 0.15) is 5.56 Å². The topological polar surface area (TPSA) is 52.5 Å². The van der Waals surface area contributed by atoms with Crippen LogP contribution >= 0.6 is 0 Å². The van der Waals surface area contributed by atoms with Gasteiger partial charge < -0.3 is 9.80 Å². The summed E-state index contributed by atoms with van der Waals surface area (Å²) in [7, 11) is 0. The van der Waals surface area contributed by atoms with E-state index in [2.05, 4.69) is 165 Å². The van der Waals surface area contributed by atoms with E-state index >= 15 is 0 Å². The fourth-order valence-corrected chi connectivity index (χ4v) is 8.11. The Kier molecular flexibility index (Phi) is 10.3. The molecule has 0 atom stereocenters. The largest absolute Gasteiger partial charge is 0.311 e. The Morgan fingerprint density at radius 1 is 0.413 bits per heavy atom. The molecule has 0 unspecified atom stereocenters. The molecule has 0 aliphatic carbocycles. The van der Waals surface area contributed by atoms with Crippen molar-refractivity contribution in [1.29, 1.82) is 5.26 Å². The average Bonchev–Trinajstić information content (AvgIpc) is 3.76. The molecule has 0 amide bonds. The third-order valence-corrected chi connectivity index (χ3v) is 11.3. The van der Waals surface area contributed by atoms with Crippen LogP contribution in [-0.2, 0) is 0 Å². The van der Waals surface area contributed by atoms with Gasteiger partial charge in [0, 0.05) is 45.4 Å². The molecule has 9 aromatic carbocycles. The second-order valence-electron chi connectivity index (χ2n) is 15.1. The Morgan fingerprint density at radius 2 is 0.794 bits per heavy atom. The maximum Gasteiger partial charge on any atom is 0.187 e. The van der Waals surface area contributed by atoms with Crippen LogP contribution < -0.4 is 9.80 Å². The summed E-state index contributed by atoms with van der Waals surface area (Å²) >= 11 is 0. The van der Waals surface area contributed by atoms with Gasteiger partial charge in [-0.1, -0.05) is 121 Å². The molecule has 1 heterocycles. The van der Waals surface area contributed by atoms with Crippen LogP contribution in [0.15, 0.2) is 231 Å². The Labute approximate surface area is 366 Å². The van der Waals surface area contributed by atoms with E-state index in [9.17, 15) is 5.26 Å². The zero-order valence-corrected chi connectivity index (χ0v) is 34.1. The summed E-state index contributed by atoms with van der Waals surface area (Å²) in [6.45, 7) is 7.39. The number of aromatic nitrogens is 2. The fraction of sp³-hybridized carbons (Fsp3) is 0. The van der Waals surface area contributed by atoms with Gasteiger partial charge in [-0.3, -0.25) is 4.57 Å². The molecule has 6 nitrogen and oxygen atoms in total. The molecule has 0 N–H and O–H groups in total. The van der Waals surface area contributed by atoms with Gasteiger partial charge in [-0.05, 0) is 131 Å². The molecule has 0 saturated carbocycles. The Morgan fingerprint density at radius 3 is 1.27 bits per heavy atom. The summed E-state index contributed by atoms with van der Waals surface area (Å²) in [5.41, 5.74) is 15.8. The zero-order chi connectivity index (χ0) is 42.5. The van der Waals surface area contributed by atoms with Crippen molar-refractivity contribution in [3.63, 3.8) is 0 Å². The average molecular weight is 807 g/mol. The Bertz CT molecular complexity index is 3240. The van der Waals surface area contributed by atoms with Crippen LogP contribution in [0.2, 0.25) is 0 Å². The molecule has 0 aliphatic rings. The van der Waals surface area contributed by atoms with Crippen molar-refractivity contribution in [3.05, 3.63) is 248 Å². The first-order chi connectivity index (χ1) is 31.1. The SMILES string of the molecule is [C-]#[N+]c1ccc(N(c2ccccc2)c2ccc(-c3ccc(-c4nc5ccccc5n4-c4ccc(-c5ccc(N(c6ccccc6)c6ccc(C#N)cc6)cc5)cc4)cc3)cc2)cc1. The standard InChI is InChI=1S/C57H38N6/c1-59-47-28-38-53(39-29-47)62(49-12-6-3-7-13-49)52-32-22-43(23-33-52)42-18-20-46(21-19-42)57-60-55-14-8-9-15-56(55)63(57)54-36-26-45(27-37-54)44-24-34-51(35-25-44)61(48-10-4-2-5-11-48)50-30-16-41(40-58)17-31-50/h2-39H. The van der Waals surface area contributed by atoms with Gasteiger partial charge in [-0.2, -0.15) is 5.26 Å². The van der Waals surface area contributed by atoms with Crippen LogP contribution in [-0.4, -0.2) is 9.55 Å². The first kappa shape index (κ1) is 38.2. The highest BCUT2D eigenvalue weighted by atomic mass is 15.1. The monoisotopic (exact) mass is 806 g/mol. The summed E-state index contributed by atoms with van der Waals surface area (Å²) in [5, 5.41) is 9.37. The second kappa shape index (κ2) is 17.0. The summed E-state index contributed by atoms with van der Waals surface area (Å²) in [6, 6.07) is 81.0. The molecule has 63 heavy (non-hydrogen) atoms. The van der Waals surface area contributed by atoms with E-state index in [0.29, 0.717) is 11.3 Å². The molecule has 0 aliphatic heterocycles. The second-order valence-corrected chi connectivity index (χ2v) is 15.1. The van der Waals surface area contributed by atoms with E-state index in [1.54, 1.807) is 0 Å².